The van der Waals surface area contributed by atoms with E-state index in [1.807, 2.05) is 26.0 Å². The van der Waals surface area contributed by atoms with Crippen molar-refractivity contribution in [1.82, 2.24) is 0 Å². The van der Waals surface area contributed by atoms with Gasteiger partial charge in [-0.3, -0.25) is 9.59 Å². The third-order valence-corrected chi connectivity index (χ3v) is 3.16. The number of hydrogen-bond donors (Lipinski definition) is 0. The molecule has 0 atom stereocenters. The molecule has 0 saturated carbocycles. The first-order valence-corrected chi connectivity index (χ1v) is 11.7. The summed E-state index contributed by atoms with van der Waals surface area (Å²) in [5.41, 5.74) is 2.19. The molecule has 4 nitrogen and oxygen atoms in total. The van der Waals surface area contributed by atoms with Gasteiger partial charge < -0.3 is 10.2 Å². The second-order valence-corrected chi connectivity index (χ2v) is 4.80. The molecule has 0 spiro atoms. The summed E-state index contributed by atoms with van der Waals surface area (Å²) in [6.07, 6.45) is 1.78. The van der Waals surface area contributed by atoms with E-state index in [9.17, 15) is 0 Å². The molecule has 2 aromatic carbocycles. The topological polar surface area (TPSA) is 88.6 Å². The maximum absolute atomic E-state index is 9.11. The summed E-state index contributed by atoms with van der Waals surface area (Å²) in [5, 5.41) is 14.7. The fraction of sp³-hybridized carbons (Fsp3) is 0.222. The van der Waals surface area contributed by atoms with Gasteiger partial charge >= 0.3 is 54.4 Å². The molecule has 0 unspecified atom stereocenters. The summed E-state index contributed by atoms with van der Waals surface area (Å²) in [7, 11) is 4.75. The Labute approximate surface area is 160 Å². The zero-order valence-electron chi connectivity index (χ0n) is 13.8. The molecule has 0 heterocycles. The van der Waals surface area contributed by atoms with Crippen molar-refractivity contribution in [3.05, 3.63) is 70.5 Å². The quantitative estimate of drug-likeness (QED) is 0.404. The Morgan fingerprint density at radius 3 is 1.42 bits per heavy atom. The summed E-state index contributed by atoms with van der Waals surface area (Å²) >= 11 is 0.917. The van der Waals surface area contributed by atoms with E-state index in [4.69, 9.17) is 28.3 Å². The van der Waals surface area contributed by atoms with Crippen LogP contribution < -0.4 is 10.9 Å². The molecule has 0 aliphatic rings. The van der Waals surface area contributed by atoms with E-state index in [1.54, 1.807) is 24.3 Å². The van der Waals surface area contributed by atoms with Crippen molar-refractivity contribution in [3.8, 4) is 11.5 Å². The van der Waals surface area contributed by atoms with Crippen molar-refractivity contribution < 1.29 is 19.8 Å². The molecule has 6 N–H and O–H groups in total. The van der Waals surface area contributed by atoms with E-state index in [-0.39, 0.29) is 22.4 Å². The molecule has 0 bridgehead atoms. The summed E-state index contributed by atoms with van der Waals surface area (Å²) < 4.78 is 0. The van der Waals surface area contributed by atoms with Crippen molar-refractivity contribution in [2.75, 3.05) is 0 Å². The van der Waals surface area contributed by atoms with Crippen LogP contribution in [0.3, 0.4) is 0 Å². The van der Waals surface area contributed by atoms with Crippen LogP contribution in [0.4, 0.5) is 0 Å². The van der Waals surface area contributed by atoms with Crippen molar-refractivity contribution in [2.45, 2.75) is 26.7 Å². The van der Waals surface area contributed by atoms with Crippen LogP contribution in [0.1, 0.15) is 25.0 Å². The van der Waals surface area contributed by atoms with E-state index in [0.29, 0.717) is 0 Å². The fourth-order valence-corrected chi connectivity index (χ4v) is 1.76. The number of hydrogen-bond acceptors (Lipinski definition) is 0. The minimum atomic E-state index is 0.0321. The molecule has 0 aliphatic heterocycles. The molecule has 2 radical (unpaired) electrons. The third-order valence-electron chi connectivity index (χ3n) is 3.16. The number of aryl methyl sites for hydroxylation is 2. The summed E-state index contributed by atoms with van der Waals surface area (Å²) in [4.78, 5) is 18.2. The Morgan fingerprint density at radius 1 is 0.792 bits per heavy atom. The number of rotatable bonds is 2. The Hall–Kier alpha value is -1.45. The van der Waals surface area contributed by atoms with Crippen LogP contribution in [0, 0.1) is 0 Å². The van der Waals surface area contributed by atoms with Gasteiger partial charge in [0, 0.05) is 12.1 Å². The average molecular weight is 549 g/mol. The first kappa shape index (κ1) is 22.6. The Morgan fingerprint density at radius 2 is 1.12 bits per heavy atom. The van der Waals surface area contributed by atoms with Crippen LogP contribution in [0.2, 0.25) is 0 Å². The molecular formula is C18H24BiClO4+6. The maximum atomic E-state index is 9.11. The molecule has 126 valence electrons. The predicted molar refractivity (Wildman–Crippen MR) is 99.5 cm³/mol. The molecule has 2 rings (SSSR count). The van der Waals surface area contributed by atoms with Crippen molar-refractivity contribution >= 4 is 32.0 Å². The number of halogens is 1. The van der Waals surface area contributed by atoms with Crippen LogP contribution >= 0.6 is 8.51 Å². The second-order valence-electron chi connectivity index (χ2n) is 4.80. The summed E-state index contributed by atoms with van der Waals surface area (Å²) in [5.74, 6) is 0.374. The summed E-state index contributed by atoms with van der Waals surface area (Å²) in [6, 6.07) is 13.7. The fourth-order valence-electron chi connectivity index (χ4n) is 1.76. The molecule has 0 aliphatic carbocycles. The molecule has 0 saturated heterocycles. The van der Waals surface area contributed by atoms with Crippen molar-refractivity contribution in [1.29, 1.82) is 0 Å². The van der Waals surface area contributed by atoms with Gasteiger partial charge in [-0.2, -0.15) is 0 Å². The van der Waals surface area contributed by atoms with Gasteiger partial charge in [0.2, 0.25) is 0 Å². The Kier molecular flexibility index (Phi) is 12.1. The Balaban J connectivity index is 0.000000400. The van der Waals surface area contributed by atoms with E-state index in [1.165, 1.54) is 12.1 Å². The van der Waals surface area contributed by atoms with Gasteiger partial charge in [-0.05, 0) is 24.0 Å². The van der Waals surface area contributed by atoms with E-state index < -0.39 is 0 Å². The van der Waals surface area contributed by atoms with Gasteiger partial charge in [0.25, 0.3) is 0 Å². The zero-order chi connectivity index (χ0) is 18.5. The van der Waals surface area contributed by atoms with Gasteiger partial charge in [-0.25, -0.2) is 0 Å². The standard InChI is InChI=1S/2C9H10O2.Bi.ClH/c2*1-2-7-4-3-5-8(10)9(11)6-7;;/h2*3-6H,2H2,1H3,(H,10,11);;1H/q;;+3;/p+3. The molecule has 0 amide bonds. The van der Waals surface area contributed by atoms with E-state index in [0.717, 1.165) is 47.5 Å². The first-order valence-electron chi connectivity index (χ1n) is 7.38. The van der Waals surface area contributed by atoms with Gasteiger partial charge in [0.05, 0.1) is 12.1 Å². The van der Waals surface area contributed by atoms with Crippen molar-refractivity contribution in [3.63, 3.8) is 0 Å². The van der Waals surface area contributed by atoms with Crippen LogP contribution in [0.15, 0.2) is 48.5 Å². The zero-order valence-corrected chi connectivity index (χ0v) is 18.0. The molecular weight excluding hydrogens is 525 g/mol. The van der Waals surface area contributed by atoms with E-state index >= 15 is 0 Å². The Bertz CT molecular complexity index is 686. The summed E-state index contributed by atoms with van der Waals surface area (Å²) in [6.45, 7) is 4.04. The van der Waals surface area contributed by atoms with Gasteiger partial charge in [-0.1, -0.05) is 38.1 Å². The molecule has 0 aromatic heterocycles. The van der Waals surface area contributed by atoms with Gasteiger partial charge in [0.1, 0.15) is 0 Å². The van der Waals surface area contributed by atoms with Crippen LogP contribution in [0.5, 0.6) is 11.5 Å². The molecule has 0 fully saturated rings. The molecule has 6 heteroatoms. The first-order chi connectivity index (χ1) is 11.5. The van der Waals surface area contributed by atoms with E-state index in [2.05, 4.69) is 0 Å². The SMILES string of the molecule is CCc1cccc(=[OH+])c([OH2+])c1.CCc1cccc(=[OH+])c([OH2+])c1.[Cl][Bi+2]. The predicted octanol–water partition coefficient (Wildman–Crippen LogP) is 1.69. The minimum absolute atomic E-state index is 0.0321. The third kappa shape index (κ3) is 8.42. The van der Waals surface area contributed by atoms with Gasteiger partial charge in [0.15, 0.2) is 0 Å². The molecule has 2 aromatic rings. The van der Waals surface area contributed by atoms with Crippen molar-refractivity contribution in [2.24, 2.45) is 0 Å². The molecule has 24 heavy (non-hydrogen) atoms. The second kappa shape index (κ2) is 12.9. The van der Waals surface area contributed by atoms with Crippen LogP contribution in [-0.4, -0.2) is 43.3 Å². The van der Waals surface area contributed by atoms with Gasteiger partial charge in [-0.15, -0.1) is 0 Å². The normalized spacial score (nSPS) is 8.96. The average Bonchev–Trinajstić information content (AvgIpc) is 2.87. The monoisotopic (exact) mass is 548 g/mol. The van der Waals surface area contributed by atoms with Crippen LogP contribution in [-0.2, 0) is 12.8 Å². The van der Waals surface area contributed by atoms with Crippen LogP contribution in [0.25, 0.3) is 0 Å².